The van der Waals surface area contributed by atoms with E-state index in [1.807, 2.05) is 60.7 Å². The van der Waals surface area contributed by atoms with E-state index < -0.39 is 0 Å². The quantitative estimate of drug-likeness (QED) is 0.283. The standard InChI is InChI=1S/C30H19N3O/c31-20-25-23(12-8-18-32-25)21-9-7-10-22(19-21)24-11-1-2-13-26(24)33-27-14-3-5-16-29(27)34-30-17-6-4-15-28(30)33/h1-19H. The summed E-state index contributed by atoms with van der Waals surface area (Å²) in [7, 11) is 0. The highest BCUT2D eigenvalue weighted by Gasteiger charge is 2.27. The van der Waals surface area contributed by atoms with Gasteiger partial charge in [0.15, 0.2) is 11.5 Å². The zero-order chi connectivity index (χ0) is 22.9. The van der Waals surface area contributed by atoms with E-state index in [1.165, 1.54) is 0 Å². The van der Waals surface area contributed by atoms with Crippen LogP contribution in [0.1, 0.15) is 5.69 Å². The molecule has 0 fully saturated rings. The highest BCUT2D eigenvalue weighted by Crippen LogP contribution is 2.52. The van der Waals surface area contributed by atoms with E-state index in [1.54, 1.807) is 6.20 Å². The van der Waals surface area contributed by atoms with E-state index in [9.17, 15) is 5.26 Å². The molecule has 160 valence electrons. The monoisotopic (exact) mass is 437 g/mol. The molecule has 0 aliphatic carbocycles. The number of benzene rings is 4. The van der Waals surface area contributed by atoms with Crippen LogP contribution in [-0.4, -0.2) is 4.98 Å². The molecule has 0 amide bonds. The Balaban J connectivity index is 1.54. The van der Waals surface area contributed by atoms with Gasteiger partial charge in [-0.3, -0.25) is 0 Å². The molecule has 0 spiro atoms. The van der Waals surface area contributed by atoms with Gasteiger partial charge in [-0.25, -0.2) is 4.98 Å². The van der Waals surface area contributed by atoms with Crippen molar-refractivity contribution in [3.63, 3.8) is 0 Å². The van der Waals surface area contributed by atoms with Crippen LogP contribution in [0.3, 0.4) is 0 Å². The molecule has 6 rings (SSSR count). The van der Waals surface area contributed by atoms with Gasteiger partial charge in [0.1, 0.15) is 11.8 Å². The maximum Gasteiger partial charge on any atom is 0.151 e. The van der Waals surface area contributed by atoms with Crippen LogP contribution in [-0.2, 0) is 0 Å². The Hall–Kier alpha value is -4.88. The lowest BCUT2D eigenvalue weighted by molar-refractivity contribution is 0.477. The summed E-state index contributed by atoms with van der Waals surface area (Å²) >= 11 is 0. The summed E-state index contributed by atoms with van der Waals surface area (Å²) < 4.78 is 6.20. The Morgan fingerprint density at radius 3 is 1.91 bits per heavy atom. The number of pyridine rings is 1. The maximum absolute atomic E-state index is 9.54. The molecule has 2 heterocycles. The summed E-state index contributed by atoms with van der Waals surface area (Å²) in [6.07, 6.45) is 1.65. The van der Waals surface area contributed by atoms with E-state index in [0.717, 1.165) is 50.8 Å². The molecule has 4 heteroatoms. The predicted molar refractivity (Wildman–Crippen MR) is 135 cm³/mol. The van der Waals surface area contributed by atoms with Gasteiger partial charge in [0.25, 0.3) is 0 Å². The fourth-order valence-electron chi connectivity index (χ4n) is 4.46. The molecule has 0 N–H and O–H groups in total. The number of aromatic nitrogens is 1. The van der Waals surface area contributed by atoms with Gasteiger partial charge in [-0.2, -0.15) is 5.26 Å². The van der Waals surface area contributed by atoms with Crippen molar-refractivity contribution in [2.24, 2.45) is 0 Å². The average Bonchev–Trinajstić information content (AvgIpc) is 2.92. The number of nitriles is 1. The van der Waals surface area contributed by atoms with Crippen LogP contribution < -0.4 is 9.64 Å². The molecule has 1 aromatic heterocycles. The molecule has 0 atom stereocenters. The Morgan fingerprint density at radius 2 is 1.21 bits per heavy atom. The summed E-state index contributed by atoms with van der Waals surface area (Å²) in [5.74, 6) is 1.64. The molecule has 1 aliphatic heterocycles. The number of anilines is 3. The first-order valence-corrected chi connectivity index (χ1v) is 11.0. The molecule has 5 aromatic rings. The second-order valence-corrected chi connectivity index (χ2v) is 7.98. The Bertz CT molecular complexity index is 1520. The topological polar surface area (TPSA) is 49.2 Å². The van der Waals surface area contributed by atoms with E-state index in [4.69, 9.17) is 4.74 Å². The first kappa shape index (κ1) is 19.8. The lowest BCUT2D eigenvalue weighted by Gasteiger charge is -2.34. The van der Waals surface area contributed by atoms with Gasteiger partial charge in [-0.15, -0.1) is 0 Å². The van der Waals surface area contributed by atoms with Crippen LogP contribution in [0.25, 0.3) is 22.3 Å². The third-order valence-electron chi connectivity index (χ3n) is 5.98. The van der Waals surface area contributed by atoms with Crippen LogP contribution in [0.2, 0.25) is 0 Å². The number of rotatable bonds is 3. The van der Waals surface area contributed by atoms with E-state index in [2.05, 4.69) is 64.5 Å². The molecule has 4 aromatic carbocycles. The number of fused-ring (bicyclic) bond motifs is 2. The van der Waals surface area contributed by atoms with Crippen LogP contribution >= 0.6 is 0 Å². The minimum atomic E-state index is 0.420. The minimum absolute atomic E-state index is 0.420. The second-order valence-electron chi connectivity index (χ2n) is 7.98. The van der Waals surface area contributed by atoms with Gasteiger partial charge in [-0.1, -0.05) is 60.7 Å². The third kappa shape index (κ3) is 3.28. The van der Waals surface area contributed by atoms with Crippen molar-refractivity contribution in [3.8, 4) is 39.8 Å². The first-order chi connectivity index (χ1) is 16.8. The Kier molecular flexibility index (Phi) is 4.79. The summed E-state index contributed by atoms with van der Waals surface area (Å²) in [6, 6.07) is 38.8. The molecular weight excluding hydrogens is 418 g/mol. The van der Waals surface area contributed by atoms with Crippen molar-refractivity contribution >= 4 is 17.1 Å². The second kappa shape index (κ2) is 8.23. The highest BCUT2D eigenvalue weighted by molar-refractivity contribution is 5.93. The van der Waals surface area contributed by atoms with E-state index in [-0.39, 0.29) is 0 Å². The molecule has 0 saturated carbocycles. The molecule has 0 bridgehead atoms. The van der Waals surface area contributed by atoms with Crippen LogP contribution in [0, 0.1) is 11.3 Å². The summed E-state index contributed by atoms with van der Waals surface area (Å²) in [5.41, 5.74) is 7.37. The number of para-hydroxylation sites is 5. The molecular formula is C30H19N3O. The highest BCUT2D eigenvalue weighted by atomic mass is 16.5. The zero-order valence-corrected chi connectivity index (χ0v) is 18.2. The van der Waals surface area contributed by atoms with Crippen molar-refractivity contribution in [2.45, 2.75) is 0 Å². The molecule has 1 aliphatic rings. The van der Waals surface area contributed by atoms with Gasteiger partial charge >= 0.3 is 0 Å². The summed E-state index contributed by atoms with van der Waals surface area (Å²) in [4.78, 5) is 6.48. The van der Waals surface area contributed by atoms with Crippen molar-refractivity contribution in [2.75, 3.05) is 4.90 Å². The summed E-state index contributed by atoms with van der Waals surface area (Å²) in [5, 5.41) is 9.54. The zero-order valence-electron chi connectivity index (χ0n) is 18.2. The fraction of sp³-hybridized carbons (Fsp3) is 0. The summed E-state index contributed by atoms with van der Waals surface area (Å²) in [6.45, 7) is 0. The van der Waals surface area contributed by atoms with Crippen molar-refractivity contribution in [3.05, 3.63) is 121 Å². The third-order valence-corrected chi connectivity index (χ3v) is 5.98. The van der Waals surface area contributed by atoms with Gasteiger partial charge in [0.2, 0.25) is 0 Å². The Labute approximate surface area is 198 Å². The molecule has 0 unspecified atom stereocenters. The van der Waals surface area contributed by atoms with Gasteiger partial charge < -0.3 is 9.64 Å². The molecule has 4 nitrogen and oxygen atoms in total. The van der Waals surface area contributed by atoms with Gasteiger partial charge in [0.05, 0.1) is 17.1 Å². The number of hydrogen-bond donors (Lipinski definition) is 0. The first-order valence-electron chi connectivity index (χ1n) is 11.0. The Morgan fingerprint density at radius 1 is 0.618 bits per heavy atom. The van der Waals surface area contributed by atoms with Crippen LogP contribution in [0.4, 0.5) is 17.1 Å². The van der Waals surface area contributed by atoms with Crippen LogP contribution in [0.5, 0.6) is 11.5 Å². The van der Waals surface area contributed by atoms with Crippen LogP contribution in [0.15, 0.2) is 115 Å². The maximum atomic E-state index is 9.54. The lowest BCUT2D eigenvalue weighted by Crippen LogP contribution is -2.16. The fourth-order valence-corrected chi connectivity index (χ4v) is 4.46. The number of nitrogens with zero attached hydrogens (tertiary/aromatic N) is 3. The number of ether oxygens (including phenoxy) is 1. The van der Waals surface area contributed by atoms with Gasteiger partial charge in [-0.05, 0) is 59.7 Å². The molecule has 0 saturated heterocycles. The minimum Gasteiger partial charge on any atom is -0.453 e. The van der Waals surface area contributed by atoms with E-state index >= 15 is 0 Å². The van der Waals surface area contributed by atoms with E-state index in [0.29, 0.717) is 5.69 Å². The average molecular weight is 438 g/mol. The van der Waals surface area contributed by atoms with Crippen molar-refractivity contribution in [1.82, 2.24) is 4.98 Å². The predicted octanol–water partition coefficient (Wildman–Crippen LogP) is 7.86. The SMILES string of the molecule is N#Cc1ncccc1-c1cccc(-c2ccccc2N2c3ccccc3Oc3ccccc32)c1. The van der Waals surface area contributed by atoms with Crippen molar-refractivity contribution in [1.29, 1.82) is 5.26 Å². The normalized spacial score (nSPS) is 11.7. The van der Waals surface area contributed by atoms with Crippen molar-refractivity contribution < 1.29 is 4.74 Å². The molecule has 0 radical (unpaired) electrons. The molecule has 34 heavy (non-hydrogen) atoms. The lowest BCUT2D eigenvalue weighted by atomic mass is 9.96. The smallest absolute Gasteiger partial charge is 0.151 e. The largest absolute Gasteiger partial charge is 0.453 e. The van der Waals surface area contributed by atoms with Gasteiger partial charge in [0, 0.05) is 17.3 Å². The number of hydrogen-bond acceptors (Lipinski definition) is 4.